The topological polar surface area (TPSA) is 75.6 Å². The number of carboxylic acid groups (broad SMARTS) is 1. The van der Waals surface area contributed by atoms with Gasteiger partial charge >= 0.3 is 12.1 Å². The molecule has 20 heavy (non-hydrogen) atoms. The molecule has 1 rings (SSSR count). The van der Waals surface area contributed by atoms with Crippen molar-refractivity contribution in [3.05, 3.63) is 23.8 Å². The molecule has 0 heterocycles. The lowest BCUT2D eigenvalue weighted by atomic mass is 10.00. The lowest BCUT2D eigenvalue weighted by Crippen LogP contribution is -2.43. The maximum absolute atomic E-state index is 11.6. The van der Waals surface area contributed by atoms with Crippen molar-refractivity contribution in [1.29, 1.82) is 0 Å². The van der Waals surface area contributed by atoms with Crippen molar-refractivity contribution in [3.63, 3.8) is 0 Å². The van der Waals surface area contributed by atoms with Crippen LogP contribution in [0, 0.1) is 0 Å². The van der Waals surface area contributed by atoms with Crippen molar-refractivity contribution < 1.29 is 19.4 Å². The Labute approximate surface area is 119 Å². The minimum Gasteiger partial charge on any atom is -0.480 e. The lowest BCUT2D eigenvalue weighted by Gasteiger charge is -2.22. The van der Waals surface area contributed by atoms with Crippen molar-refractivity contribution in [2.45, 2.75) is 58.1 Å². The first kappa shape index (κ1) is 16.3. The largest absolute Gasteiger partial charge is 0.480 e. The normalized spacial score (nSPS) is 16.2. The van der Waals surface area contributed by atoms with Crippen LogP contribution < -0.4 is 5.32 Å². The number of ether oxygens (including phenoxy) is 1. The Hall–Kier alpha value is -1.78. The summed E-state index contributed by atoms with van der Waals surface area (Å²) in [6, 6.07) is -0.930. The molecule has 0 aliphatic heterocycles. The predicted molar refractivity (Wildman–Crippen MR) is 76.5 cm³/mol. The molecule has 0 saturated heterocycles. The average molecular weight is 281 g/mol. The second-order valence-electron chi connectivity index (χ2n) is 5.83. The molecule has 0 fully saturated rings. The van der Waals surface area contributed by atoms with Crippen LogP contribution in [0.3, 0.4) is 0 Å². The fourth-order valence-corrected chi connectivity index (χ4v) is 1.87. The summed E-state index contributed by atoms with van der Waals surface area (Å²) in [4.78, 5) is 22.8. The molecule has 0 aromatic rings. The lowest BCUT2D eigenvalue weighted by molar-refractivity contribution is -0.139. The molecule has 5 heteroatoms. The Morgan fingerprint density at radius 1 is 1.40 bits per heavy atom. The number of allylic oxidation sites excluding steroid dienone is 4. The fourth-order valence-electron chi connectivity index (χ4n) is 1.87. The number of nitrogens with one attached hydrogen (secondary N) is 1. The number of hydrogen-bond donors (Lipinski definition) is 2. The number of carbonyl (C=O) groups excluding carboxylic acids is 1. The standard InChI is InChI=1S/C15H23NO4/c1-15(2,3)20-14(19)16-12(13(17)18)10-9-11-7-5-4-6-8-11/h5,7-8,12H,4,6,9-10H2,1-3H3,(H,16,19)(H,17,18). The number of alkyl carbamates (subject to hydrolysis) is 1. The highest BCUT2D eigenvalue weighted by atomic mass is 16.6. The van der Waals surface area contributed by atoms with Gasteiger partial charge in [0.15, 0.2) is 0 Å². The van der Waals surface area contributed by atoms with Crippen LogP contribution in [0.25, 0.3) is 0 Å². The van der Waals surface area contributed by atoms with E-state index in [0.29, 0.717) is 12.8 Å². The van der Waals surface area contributed by atoms with E-state index in [1.165, 1.54) is 0 Å². The summed E-state index contributed by atoms with van der Waals surface area (Å²) in [5, 5.41) is 11.5. The van der Waals surface area contributed by atoms with Crippen LogP contribution in [-0.4, -0.2) is 28.8 Å². The second kappa shape index (κ2) is 7.12. The van der Waals surface area contributed by atoms with Crippen molar-refractivity contribution in [2.24, 2.45) is 0 Å². The van der Waals surface area contributed by atoms with E-state index in [1.807, 2.05) is 6.08 Å². The van der Waals surface area contributed by atoms with Gasteiger partial charge in [-0.3, -0.25) is 0 Å². The first-order chi connectivity index (χ1) is 9.28. The Morgan fingerprint density at radius 3 is 2.60 bits per heavy atom. The molecule has 0 radical (unpaired) electrons. The van der Waals surface area contributed by atoms with E-state index in [1.54, 1.807) is 20.8 Å². The van der Waals surface area contributed by atoms with E-state index < -0.39 is 23.7 Å². The van der Waals surface area contributed by atoms with Gasteiger partial charge in [-0.15, -0.1) is 0 Å². The van der Waals surface area contributed by atoms with Crippen LogP contribution in [-0.2, 0) is 9.53 Å². The van der Waals surface area contributed by atoms with Gasteiger partial charge in [-0.05, 0) is 46.5 Å². The van der Waals surface area contributed by atoms with Crippen molar-refractivity contribution in [3.8, 4) is 0 Å². The highest BCUT2D eigenvalue weighted by Crippen LogP contribution is 2.16. The van der Waals surface area contributed by atoms with Crippen LogP contribution in [0.5, 0.6) is 0 Å². The zero-order valence-electron chi connectivity index (χ0n) is 12.3. The third-order valence-electron chi connectivity index (χ3n) is 2.78. The van der Waals surface area contributed by atoms with Gasteiger partial charge < -0.3 is 15.2 Å². The average Bonchev–Trinajstić information content (AvgIpc) is 2.33. The smallest absolute Gasteiger partial charge is 0.408 e. The molecular formula is C15H23NO4. The van der Waals surface area contributed by atoms with Gasteiger partial charge in [-0.1, -0.05) is 23.8 Å². The van der Waals surface area contributed by atoms with E-state index in [2.05, 4.69) is 17.5 Å². The van der Waals surface area contributed by atoms with E-state index in [-0.39, 0.29) is 0 Å². The summed E-state index contributed by atoms with van der Waals surface area (Å²) < 4.78 is 5.07. The molecule has 1 atom stereocenters. The van der Waals surface area contributed by atoms with Crippen molar-refractivity contribution in [2.75, 3.05) is 0 Å². The third kappa shape index (κ3) is 6.41. The van der Waals surface area contributed by atoms with Crippen LogP contribution in [0.4, 0.5) is 4.79 Å². The van der Waals surface area contributed by atoms with E-state index in [9.17, 15) is 9.59 Å². The van der Waals surface area contributed by atoms with Gasteiger partial charge in [0.1, 0.15) is 11.6 Å². The summed E-state index contributed by atoms with van der Waals surface area (Å²) in [7, 11) is 0. The number of hydrogen-bond acceptors (Lipinski definition) is 3. The van der Waals surface area contributed by atoms with Gasteiger partial charge in [0.25, 0.3) is 0 Å². The molecule has 1 amide bonds. The highest BCUT2D eigenvalue weighted by molar-refractivity contribution is 5.80. The number of carbonyl (C=O) groups is 2. The van der Waals surface area contributed by atoms with Gasteiger partial charge in [0.05, 0.1) is 0 Å². The molecule has 0 aromatic heterocycles. The Bertz CT molecular complexity index is 418. The van der Waals surface area contributed by atoms with Gasteiger partial charge in [-0.25, -0.2) is 9.59 Å². The molecule has 0 saturated carbocycles. The Morgan fingerprint density at radius 2 is 2.10 bits per heavy atom. The Balaban J connectivity index is 2.48. The van der Waals surface area contributed by atoms with Crippen LogP contribution in [0.15, 0.2) is 23.8 Å². The second-order valence-corrected chi connectivity index (χ2v) is 5.83. The highest BCUT2D eigenvalue weighted by Gasteiger charge is 2.23. The minimum absolute atomic E-state index is 0.352. The molecule has 0 bridgehead atoms. The fraction of sp³-hybridized carbons (Fsp3) is 0.600. The van der Waals surface area contributed by atoms with Crippen LogP contribution in [0.2, 0.25) is 0 Å². The first-order valence-electron chi connectivity index (χ1n) is 6.86. The van der Waals surface area contributed by atoms with E-state index in [0.717, 1.165) is 18.4 Å². The quantitative estimate of drug-likeness (QED) is 0.812. The monoisotopic (exact) mass is 281 g/mol. The zero-order valence-corrected chi connectivity index (χ0v) is 12.3. The summed E-state index contributed by atoms with van der Waals surface area (Å²) in [6.07, 6.45) is 8.49. The molecule has 0 spiro atoms. The van der Waals surface area contributed by atoms with Gasteiger partial charge in [-0.2, -0.15) is 0 Å². The first-order valence-corrected chi connectivity index (χ1v) is 6.86. The number of amides is 1. The van der Waals surface area contributed by atoms with Crippen molar-refractivity contribution in [1.82, 2.24) is 5.32 Å². The summed E-state index contributed by atoms with van der Waals surface area (Å²) in [6.45, 7) is 5.21. The number of rotatable bonds is 5. The third-order valence-corrected chi connectivity index (χ3v) is 2.78. The number of aliphatic carboxylic acids is 1. The Kier molecular flexibility index (Phi) is 5.80. The van der Waals surface area contributed by atoms with Gasteiger partial charge in [0.2, 0.25) is 0 Å². The maximum atomic E-state index is 11.6. The predicted octanol–water partition coefficient (Wildman–Crippen LogP) is 3.02. The molecule has 2 N–H and O–H groups in total. The summed E-state index contributed by atoms with van der Waals surface area (Å²) >= 11 is 0. The number of carboxylic acids is 1. The van der Waals surface area contributed by atoms with E-state index in [4.69, 9.17) is 9.84 Å². The molecule has 1 unspecified atom stereocenters. The minimum atomic E-state index is -1.05. The molecule has 112 valence electrons. The molecule has 1 aliphatic rings. The summed E-state index contributed by atoms with van der Waals surface area (Å²) in [5.41, 5.74) is 0.482. The molecule has 5 nitrogen and oxygen atoms in total. The van der Waals surface area contributed by atoms with Crippen molar-refractivity contribution >= 4 is 12.1 Å². The maximum Gasteiger partial charge on any atom is 0.408 e. The molecule has 0 aromatic carbocycles. The SMILES string of the molecule is CC(C)(C)OC(=O)NC(CCC1=CCCC=C1)C(=O)O. The molecule has 1 aliphatic carbocycles. The van der Waals surface area contributed by atoms with Crippen LogP contribution >= 0.6 is 0 Å². The molecular weight excluding hydrogens is 258 g/mol. The summed E-state index contributed by atoms with van der Waals surface area (Å²) in [5.74, 6) is -1.05. The van der Waals surface area contributed by atoms with E-state index >= 15 is 0 Å². The zero-order chi connectivity index (χ0) is 15.2. The van der Waals surface area contributed by atoms with Crippen LogP contribution in [0.1, 0.15) is 46.5 Å². The van der Waals surface area contributed by atoms with Gasteiger partial charge in [0, 0.05) is 0 Å².